The van der Waals surface area contributed by atoms with E-state index in [0.29, 0.717) is 4.99 Å². The van der Waals surface area contributed by atoms with Crippen LogP contribution in [-0.2, 0) is 9.53 Å². The molecule has 0 aliphatic carbocycles. The van der Waals surface area contributed by atoms with Gasteiger partial charge in [-0.3, -0.25) is 9.69 Å². The molecule has 104 valence electrons. The maximum atomic E-state index is 11.7. The van der Waals surface area contributed by atoms with Gasteiger partial charge in [-0.25, -0.2) is 0 Å². The van der Waals surface area contributed by atoms with Crippen LogP contribution < -0.4 is 5.73 Å². The van der Waals surface area contributed by atoms with Crippen LogP contribution in [0.4, 0.5) is 0 Å². The van der Waals surface area contributed by atoms with Gasteiger partial charge in [0, 0.05) is 33.3 Å². The van der Waals surface area contributed by atoms with E-state index in [2.05, 4.69) is 11.8 Å². The molecule has 0 aromatic rings. The van der Waals surface area contributed by atoms with Gasteiger partial charge in [0.15, 0.2) is 0 Å². The van der Waals surface area contributed by atoms with Crippen LogP contribution in [0, 0.1) is 0 Å². The minimum atomic E-state index is 0.0551. The molecule has 0 aromatic carbocycles. The molecule has 2 N–H and O–H groups in total. The van der Waals surface area contributed by atoms with Crippen LogP contribution in [0.5, 0.6) is 0 Å². The summed E-state index contributed by atoms with van der Waals surface area (Å²) in [6.07, 6.45) is 2.05. The topological polar surface area (TPSA) is 58.8 Å². The van der Waals surface area contributed by atoms with Gasteiger partial charge in [0.2, 0.25) is 5.91 Å². The molecule has 1 rings (SSSR count). The number of ether oxygens (including phenoxy) is 1. The molecule has 0 radical (unpaired) electrons. The van der Waals surface area contributed by atoms with Gasteiger partial charge in [-0.1, -0.05) is 25.6 Å². The van der Waals surface area contributed by atoms with E-state index in [9.17, 15) is 4.79 Å². The Balaban J connectivity index is 2.46. The van der Waals surface area contributed by atoms with E-state index in [1.54, 1.807) is 0 Å². The van der Waals surface area contributed by atoms with E-state index >= 15 is 0 Å². The fourth-order valence-corrected chi connectivity index (χ4v) is 2.54. The molecule has 18 heavy (non-hydrogen) atoms. The Hall–Kier alpha value is -0.720. The van der Waals surface area contributed by atoms with Gasteiger partial charge in [-0.15, -0.1) is 0 Å². The van der Waals surface area contributed by atoms with Crippen LogP contribution in [0.1, 0.15) is 19.8 Å². The summed E-state index contributed by atoms with van der Waals surface area (Å²) < 4.78 is 4.86. The van der Waals surface area contributed by atoms with Crippen LogP contribution in [0.25, 0.3) is 0 Å². The Morgan fingerprint density at radius 3 is 2.44 bits per heavy atom. The van der Waals surface area contributed by atoms with E-state index in [4.69, 9.17) is 22.7 Å². The van der Waals surface area contributed by atoms with Gasteiger partial charge in [-0.2, -0.15) is 0 Å². The number of carbonyl (C=O) groups is 1. The summed E-state index contributed by atoms with van der Waals surface area (Å²) in [5, 5.41) is 0. The number of nitrogens with two attached hydrogens (primary N) is 1. The van der Waals surface area contributed by atoms with E-state index in [0.717, 1.165) is 39.0 Å². The molecule has 0 bridgehead atoms. The van der Waals surface area contributed by atoms with Crippen molar-refractivity contribution < 1.29 is 9.53 Å². The predicted octanol–water partition coefficient (Wildman–Crippen LogP) is 0.232. The highest BCUT2D eigenvalue weighted by atomic mass is 32.1. The lowest BCUT2D eigenvalue weighted by Gasteiger charge is -2.38. The number of nitrogens with zero attached hydrogens (tertiary/aromatic N) is 2. The third kappa shape index (κ3) is 4.19. The lowest BCUT2D eigenvalue weighted by atomic mass is 10.1. The number of amides is 1. The predicted molar refractivity (Wildman–Crippen MR) is 75.5 cm³/mol. The lowest BCUT2D eigenvalue weighted by Crippen LogP contribution is -2.55. The number of hydrogen-bond donors (Lipinski definition) is 1. The highest BCUT2D eigenvalue weighted by Gasteiger charge is 2.26. The van der Waals surface area contributed by atoms with Crippen LogP contribution in [0.15, 0.2) is 0 Å². The molecule has 1 fully saturated rings. The third-order valence-corrected chi connectivity index (χ3v) is 3.54. The molecular formula is C12H23N3O2S. The number of rotatable bonds is 6. The van der Waals surface area contributed by atoms with Crippen LogP contribution in [0.3, 0.4) is 0 Å². The zero-order valence-electron chi connectivity index (χ0n) is 11.2. The van der Waals surface area contributed by atoms with Gasteiger partial charge >= 0.3 is 0 Å². The minimum absolute atomic E-state index is 0.0551. The molecule has 1 amide bonds. The van der Waals surface area contributed by atoms with Crippen molar-refractivity contribution in [3.8, 4) is 0 Å². The third-order valence-electron chi connectivity index (χ3n) is 3.27. The number of methoxy groups -OCH3 is 1. The Morgan fingerprint density at radius 1 is 1.39 bits per heavy atom. The van der Waals surface area contributed by atoms with Crippen LogP contribution in [-0.4, -0.2) is 66.6 Å². The average molecular weight is 273 g/mol. The van der Waals surface area contributed by atoms with Crippen molar-refractivity contribution in [1.82, 2.24) is 9.80 Å². The van der Waals surface area contributed by atoms with E-state index in [1.165, 1.54) is 7.11 Å². The molecule has 0 saturated carbocycles. The van der Waals surface area contributed by atoms with E-state index in [-0.39, 0.29) is 18.6 Å². The van der Waals surface area contributed by atoms with Gasteiger partial charge in [-0.05, 0) is 6.42 Å². The van der Waals surface area contributed by atoms with Crippen molar-refractivity contribution in [3.05, 3.63) is 0 Å². The van der Waals surface area contributed by atoms with Gasteiger partial charge in [0.05, 0.1) is 11.0 Å². The zero-order valence-corrected chi connectivity index (χ0v) is 12.0. The monoisotopic (exact) mass is 273 g/mol. The summed E-state index contributed by atoms with van der Waals surface area (Å²) >= 11 is 5.12. The fraction of sp³-hybridized carbons (Fsp3) is 0.833. The zero-order chi connectivity index (χ0) is 13.5. The Kier molecular flexibility index (Phi) is 6.52. The second-order valence-electron chi connectivity index (χ2n) is 4.56. The number of carbonyl (C=O) groups excluding carboxylic acids is 1. The highest BCUT2D eigenvalue weighted by molar-refractivity contribution is 7.80. The Labute approximate surface area is 114 Å². The first kappa shape index (κ1) is 15.3. The maximum absolute atomic E-state index is 11.7. The molecule has 1 aliphatic heterocycles. The molecule has 0 spiro atoms. The van der Waals surface area contributed by atoms with E-state index in [1.807, 2.05) is 4.90 Å². The smallest absolute Gasteiger partial charge is 0.248 e. The Bertz CT molecular complexity index is 291. The lowest BCUT2D eigenvalue weighted by molar-refractivity contribution is -0.137. The molecule has 1 atom stereocenters. The average Bonchev–Trinajstić information content (AvgIpc) is 2.36. The molecule has 0 aromatic heterocycles. The van der Waals surface area contributed by atoms with Crippen molar-refractivity contribution in [2.45, 2.75) is 25.8 Å². The maximum Gasteiger partial charge on any atom is 0.248 e. The van der Waals surface area contributed by atoms with Crippen LogP contribution in [0.2, 0.25) is 0 Å². The molecule has 5 nitrogen and oxygen atoms in total. The SMILES string of the molecule is CCCC(C(N)=S)N1CCN(C(=O)COC)CC1. The minimum Gasteiger partial charge on any atom is -0.392 e. The number of thiocarbonyl (C=S) groups is 1. The number of hydrogen-bond acceptors (Lipinski definition) is 4. The van der Waals surface area contributed by atoms with Crippen molar-refractivity contribution in [2.75, 3.05) is 39.9 Å². The van der Waals surface area contributed by atoms with Gasteiger partial charge in [0.25, 0.3) is 0 Å². The van der Waals surface area contributed by atoms with Gasteiger partial charge < -0.3 is 15.4 Å². The van der Waals surface area contributed by atoms with Crippen molar-refractivity contribution >= 4 is 23.1 Å². The largest absolute Gasteiger partial charge is 0.392 e. The second-order valence-corrected chi connectivity index (χ2v) is 5.03. The van der Waals surface area contributed by atoms with E-state index < -0.39 is 0 Å². The molecule has 1 saturated heterocycles. The van der Waals surface area contributed by atoms with Crippen LogP contribution >= 0.6 is 12.2 Å². The summed E-state index contributed by atoms with van der Waals surface area (Å²) in [7, 11) is 1.54. The summed E-state index contributed by atoms with van der Waals surface area (Å²) in [5.74, 6) is 0.0551. The molecule has 1 unspecified atom stereocenters. The summed E-state index contributed by atoms with van der Waals surface area (Å²) in [4.78, 5) is 16.3. The quantitative estimate of drug-likeness (QED) is 0.702. The summed E-state index contributed by atoms with van der Waals surface area (Å²) in [5.41, 5.74) is 5.78. The molecule has 6 heteroatoms. The Morgan fingerprint density at radius 2 is 2.00 bits per heavy atom. The number of piperazine rings is 1. The summed E-state index contributed by atoms with van der Waals surface area (Å²) in [6, 6.07) is 0.171. The van der Waals surface area contributed by atoms with Crippen molar-refractivity contribution in [1.29, 1.82) is 0 Å². The van der Waals surface area contributed by atoms with Gasteiger partial charge in [0.1, 0.15) is 6.61 Å². The first-order valence-electron chi connectivity index (χ1n) is 6.40. The molecule has 1 aliphatic rings. The summed E-state index contributed by atoms with van der Waals surface area (Å²) in [6.45, 7) is 5.41. The first-order chi connectivity index (χ1) is 8.60. The highest BCUT2D eigenvalue weighted by Crippen LogP contribution is 2.11. The van der Waals surface area contributed by atoms with Crippen molar-refractivity contribution in [3.63, 3.8) is 0 Å². The first-order valence-corrected chi connectivity index (χ1v) is 6.81. The molecule has 1 heterocycles. The fourth-order valence-electron chi connectivity index (χ4n) is 2.28. The van der Waals surface area contributed by atoms with Crippen molar-refractivity contribution in [2.24, 2.45) is 5.73 Å². The molecular weight excluding hydrogens is 250 g/mol. The normalized spacial score (nSPS) is 18.7. The second kappa shape index (κ2) is 7.66. The standard InChI is InChI=1S/C12H23N3O2S/c1-3-4-10(12(13)18)14-5-7-15(8-6-14)11(16)9-17-2/h10H,3-9H2,1-2H3,(H2,13,18).